The van der Waals surface area contributed by atoms with E-state index in [9.17, 15) is 0 Å². The molecule has 3 rings (SSSR count). The number of fused-ring (bicyclic) bond motifs is 1. The number of nitrogens with zero attached hydrogens (tertiary/aromatic N) is 1. The van der Waals surface area contributed by atoms with Crippen LogP contribution in [-0.2, 0) is 11.2 Å². The van der Waals surface area contributed by atoms with E-state index in [-0.39, 0.29) is 6.10 Å². The van der Waals surface area contributed by atoms with Crippen molar-refractivity contribution in [2.45, 2.75) is 12.5 Å². The Morgan fingerprint density at radius 3 is 3.06 bits per heavy atom. The molecule has 1 aromatic heterocycles. The highest BCUT2D eigenvalue weighted by molar-refractivity contribution is 5.41. The van der Waals surface area contributed by atoms with Gasteiger partial charge in [-0.2, -0.15) is 0 Å². The summed E-state index contributed by atoms with van der Waals surface area (Å²) in [6.45, 7) is 1.58. The molecule has 1 aliphatic heterocycles. The van der Waals surface area contributed by atoms with Crippen LogP contribution in [-0.4, -0.2) is 18.1 Å². The number of rotatable bonds is 3. The molecule has 3 nitrogen and oxygen atoms in total. The van der Waals surface area contributed by atoms with Crippen molar-refractivity contribution >= 4 is 5.69 Å². The molecule has 2 heterocycles. The van der Waals surface area contributed by atoms with Gasteiger partial charge in [0, 0.05) is 18.9 Å². The van der Waals surface area contributed by atoms with Gasteiger partial charge in [0.1, 0.15) is 0 Å². The maximum absolute atomic E-state index is 5.84. The first-order chi connectivity index (χ1) is 8.93. The predicted octanol–water partition coefficient (Wildman–Crippen LogP) is 2.81. The molecule has 0 saturated heterocycles. The zero-order chi connectivity index (χ0) is 12.2. The van der Waals surface area contributed by atoms with Gasteiger partial charge in [-0.25, -0.2) is 0 Å². The van der Waals surface area contributed by atoms with Gasteiger partial charge >= 0.3 is 0 Å². The summed E-state index contributed by atoms with van der Waals surface area (Å²) in [5.74, 6) is 0. The fourth-order valence-electron chi connectivity index (χ4n) is 2.32. The number of hydrogen-bond acceptors (Lipinski definition) is 3. The normalized spacial score (nSPS) is 18.1. The number of pyridine rings is 1. The van der Waals surface area contributed by atoms with Gasteiger partial charge in [0.05, 0.1) is 18.4 Å². The van der Waals surface area contributed by atoms with E-state index in [1.54, 1.807) is 6.20 Å². The summed E-state index contributed by atoms with van der Waals surface area (Å²) in [7, 11) is 0. The van der Waals surface area contributed by atoms with Crippen LogP contribution in [0.2, 0.25) is 0 Å². The van der Waals surface area contributed by atoms with Crippen molar-refractivity contribution in [1.29, 1.82) is 0 Å². The summed E-state index contributed by atoms with van der Waals surface area (Å²) in [4.78, 5) is 4.09. The van der Waals surface area contributed by atoms with Gasteiger partial charge in [-0.05, 0) is 29.7 Å². The van der Waals surface area contributed by atoms with Crippen molar-refractivity contribution in [1.82, 2.24) is 4.98 Å². The lowest BCUT2D eigenvalue weighted by molar-refractivity contribution is 0.0513. The van der Waals surface area contributed by atoms with E-state index in [4.69, 9.17) is 4.74 Å². The molecule has 0 fully saturated rings. The van der Waals surface area contributed by atoms with E-state index in [1.807, 2.05) is 18.3 Å². The number of nitrogens with one attached hydrogen (secondary N) is 1. The van der Waals surface area contributed by atoms with Crippen LogP contribution in [0.1, 0.15) is 17.2 Å². The molecule has 0 bridgehead atoms. The summed E-state index contributed by atoms with van der Waals surface area (Å²) in [6.07, 6.45) is 4.75. The number of aromatic nitrogens is 1. The molecule has 0 amide bonds. The van der Waals surface area contributed by atoms with Gasteiger partial charge < -0.3 is 10.1 Å². The van der Waals surface area contributed by atoms with Crippen molar-refractivity contribution < 1.29 is 4.74 Å². The zero-order valence-electron chi connectivity index (χ0n) is 10.2. The van der Waals surface area contributed by atoms with Gasteiger partial charge in [-0.3, -0.25) is 4.98 Å². The summed E-state index contributed by atoms with van der Waals surface area (Å²) >= 11 is 0. The fraction of sp³-hybridized carbons (Fsp3) is 0.267. The van der Waals surface area contributed by atoms with E-state index in [0.717, 1.165) is 25.3 Å². The monoisotopic (exact) mass is 240 g/mol. The lowest BCUT2D eigenvalue weighted by atomic mass is 9.97. The Bertz CT molecular complexity index is 513. The largest absolute Gasteiger partial charge is 0.381 e. The third-order valence-electron chi connectivity index (χ3n) is 3.25. The van der Waals surface area contributed by atoms with E-state index in [0.29, 0.717) is 0 Å². The molecule has 0 radical (unpaired) electrons. The Balaban J connectivity index is 1.71. The average Bonchev–Trinajstić information content (AvgIpc) is 2.46. The van der Waals surface area contributed by atoms with Crippen molar-refractivity contribution in [3.8, 4) is 0 Å². The number of hydrogen-bond donors (Lipinski definition) is 1. The van der Waals surface area contributed by atoms with Crippen LogP contribution in [0.15, 0.2) is 48.8 Å². The standard InChI is InChI=1S/C15H16N2O/c1-2-6-14-12(4-1)7-9-18-15(14)11-17-13-5-3-8-16-10-13/h1-6,8,10,15,17H,7,9,11H2. The Morgan fingerprint density at radius 1 is 1.22 bits per heavy atom. The molecule has 18 heavy (non-hydrogen) atoms. The second-order valence-electron chi connectivity index (χ2n) is 4.43. The summed E-state index contributed by atoms with van der Waals surface area (Å²) in [5, 5.41) is 3.37. The van der Waals surface area contributed by atoms with E-state index >= 15 is 0 Å². The van der Waals surface area contributed by atoms with Crippen LogP contribution < -0.4 is 5.32 Å². The molecule has 1 aromatic carbocycles. The third-order valence-corrected chi connectivity index (χ3v) is 3.25. The molecular formula is C15H16N2O. The van der Waals surface area contributed by atoms with Crippen molar-refractivity contribution in [3.63, 3.8) is 0 Å². The van der Waals surface area contributed by atoms with E-state index in [2.05, 4.69) is 34.6 Å². The minimum Gasteiger partial charge on any atom is -0.381 e. The SMILES string of the molecule is c1cncc(NCC2OCCc3ccccc32)c1. The van der Waals surface area contributed by atoms with Crippen molar-refractivity contribution in [2.75, 3.05) is 18.5 Å². The van der Waals surface area contributed by atoms with E-state index in [1.165, 1.54) is 11.1 Å². The second-order valence-corrected chi connectivity index (χ2v) is 4.43. The van der Waals surface area contributed by atoms with Crippen LogP contribution >= 0.6 is 0 Å². The first-order valence-electron chi connectivity index (χ1n) is 6.27. The van der Waals surface area contributed by atoms with Gasteiger partial charge in [-0.1, -0.05) is 24.3 Å². The topological polar surface area (TPSA) is 34.2 Å². The average molecular weight is 240 g/mol. The van der Waals surface area contributed by atoms with Gasteiger partial charge in [0.15, 0.2) is 0 Å². The Hall–Kier alpha value is -1.87. The van der Waals surface area contributed by atoms with Crippen LogP contribution in [0.5, 0.6) is 0 Å². The fourth-order valence-corrected chi connectivity index (χ4v) is 2.32. The highest BCUT2D eigenvalue weighted by Gasteiger charge is 2.19. The van der Waals surface area contributed by atoms with Crippen LogP contribution in [0.25, 0.3) is 0 Å². The summed E-state index contributed by atoms with van der Waals surface area (Å²) in [6, 6.07) is 12.5. The van der Waals surface area contributed by atoms with Crippen LogP contribution in [0, 0.1) is 0 Å². The summed E-state index contributed by atoms with van der Waals surface area (Å²) in [5.41, 5.74) is 3.74. The maximum Gasteiger partial charge on any atom is 0.0999 e. The molecule has 1 N–H and O–H groups in total. The number of ether oxygens (including phenoxy) is 1. The number of anilines is 1. The molecule has 1 atom stereocenters. The van der Waals surface area contributed by atoms with Gasteiger partial charge in [0.25, 0.3) is 0 Å². The highest BCUT2D eigenvalue weighted by atomic mass is 16.5. The molecule has 0 saturated carbocycles. The Kier molecular flexibility index (Phi) is 3.24. The minimum atomic E-state index is 0.134. The highest BCUT2D eigenvalue weighted by Crippen LogP contribution is 2.26. The zero-order valence-corrected chi connectivity index (χ0v) is 10.2. The molecule has 1 aliphatic rings. The quantitative estimate of drug-likeness (QED) is 0.895. The lowest BCUT2D eigenvalue weighted by Crippen LogP contribution is -2.22. The van der Waals surface area contributed by atoms with E-state index < -0.39 is 0 Å². The summed E-state index contributed by atoms with van der Waals surface area (Å²) < 4.78 is 5.84. The molecule has 0 spiro atoms. The molecule has 2 aromatic rings. The Labute approximate surface area is 107 Å². The Morgan fingerprint density at radius 2 is 2.17 bits per heavy atom. The first-order valence-corrected chi connectivity index (χ1v) is 6.27. The molecule has 3 heteroatoms. The number of benzene rings is 1. The van der Waals surface area contributed by atoms with Crippen LogP contribution in [0.3, 0.4) is 0 Å². The second kappa shape index (κ2) is 5.19. The minimum absolute atomic E-state index is 0.134. The van der Waals surface area contributed by atoms with Crippen molar-refractivity contribution in [3.05, 3.63) is 59.9 Å². The van der Waals surface area contributed by atoms with Gasteiger partial charge in [-0.15, -0.1) is 0 Å². The molecule has 92 valence electrons. The third kappa shape index (κ3) is 2.36. The van der Waals surface area contributed by atoms with Crippen LogP contribution in [0.4, 0.5) is 5.69 Å². The predicted molar refractivity (Wildman–Crippen MR) is 71.6 cm³/mol. The molecule has 1 unspecified atom stereocenters. The maximum atomic E-state index is 5.84. The smallest absolute Gasteiger partial charge is 0.0999 e. The lowest BCUT2D eigenvalue weighted by Gasteiger charge is -2.26. The molecule has 0 aliphatic carbocycles. The first kappa shape index (κ1) is 11.2. The van der Waals surface area contributed by atoms with Gasteiger partial charge in [0.2, 0.25) is 0 Å². The van der Waals surface area contributed by atoms with Crippen molar-refractivity contribution in [2.24, 2.45) is 0 Å². The molecular weight excluding hydrogens is 224 g/mol.